The maximum atomic E-state index is 11.1. The van der Waals surface area contributed by atoms with E-state index in [0.717, 1.165) is 11.4 Å². The van der Waals surface area contributed by atoms with Gasteiger partial charge in [0.1, 0.15) is 11.8 Å². The second-order valence-electron chi connectivity index (χ2n) is 4.90. The zero-order valence-electron chi connectivity index (χ0n) is 11.3. The molecular weight excluding hydrogens is 230 g/mol. The van der Waals surface area contributed by atoms with Crippen LogP contribution in [-0.4, -0.2) is 23.2 Å². The Hall–Kier alpha value is -1.71. The van der Waals surface area contributed by atoms with E-state index in [4.69, 9.17) is 9.84 Å². The Labute approximate surface area is 108 Å². The summed E-state index contributed by atoms with van der Waals surface area (Å²) in [5.74, 6) is -0.0337. The van der Waals surface area contributed by atoms with Gasteiger partial charge in [-0.1, -0.05) is 13.8 Å². The lowest BCUT2D eigenvalue weighted by Crippen LogP contribution is -2.34. The van der Waals surface area contributed by atoms with Crippen molar-refractivity contribution in [1.29, 1.82) is 0 Å². The van der Waals surface area contributed by atoms with Gasteiger partial charge in [-0.15, -0.1) is 0 Å². The van der Waals surface area contributed by atoms with Gasteiger partial charge in [0.25, 0.3) is 0 Å². The van der Waals surface area contributed by atoms with E-state index in [1.165, 1.54) is 0 Å². The van der Waals surface area contributed by atoms with E-state index in [1.807, 2.05) is 52.0 Å². The summed E-state index contributed by atoms with van der Waals surface area (Å²) in [6, 6.07) is 6.75. The predicted molar refractivity (Wildman–Crippen MR) is 72.1 cm³/mol. The first-order valence-corrected chi connectivity index (χ1v) is 6.16. The van der Waals surface area contributed by atoms with Crippen molar-refractivity contribution in [2.24, 2.45) is 5.92 Å². The van der Waals surface area contributed by atoms with Crippen LogP contribution in [0.4, 0.5) is 5.69 Å². The van der Waals surface area contributed by atoms with Gasteiger partial charge in [-0.05, 0) is 44.0 Å². The molecule has 0 saturated carbocycles. The minimum absolute atomic E-state index is 0.0223. The van der Waals surface area contributed by atoms with Crippen LogP contribution < -0.4 is 10.1 Å². The zero-order chi connectivity index (χ0) is 13.7. The normalized spacial score (nSPS) is 12.6. The number of carbonyl (C=O) groups is 1. The summed E-state index contributed by atoms with van der Waals surface area (Å²) in [5.41, 5.74) is 0.784. The summed E-state index contributed by atoms with van der Waals surface area (Å²) < 4.78 is 5.52. The van der Waals surface area contributed by atoms with Crippen molar-refractivity contribution in [3.8, 4) is 5.75 Å². The van der Waals surface area contributed by atoms with Crippen LogP contribution in [0.2, 0.25) is 0 Å². The molecule has 0 saturated heterocycles. The first kappa shape index (κ1) is 14.4. The number of ether oxygens (including phenoxy) is 1. The van der Waals surface area contributed by atoms with E-state index in [9.17, 15) is 4.79 Å². The fourth-order valence-corrected chi connectivity index (χ4v) is 1.60. The minimum Gasteiger partial charge on any atom is -0.491 e. The van der Waals surface area contributed by atoms with Crippen molar-refractivity contribution in [3.05, 3.63) is 24.3 Å². The van der Waals surface area contributed by atoms with Crippen molar-refractivity contribution in [2.45, 2.75) is 39.8 Å². The molecule has 0 heterocycles. The van der Waals surface area contributed by atoms with Crippen LogP contribution in [0.1, 0.15) is 27.7 Å². The Bertz CT molecular complexity index is 385. The molecule has 18 heavy (non-hydrogen) atoms. The van der Waals surface area contributed by atoms with Gasteiger partial charge < -0.3 is 15.2 Å². The van der Waals surface area contributed by atoms with Gasteiger partial charge in [0.15, 0.2) is 0 Å². The van der Waals surface area contributed by atoms with Crippen molar-refractivity contribution < 1.29 is 14.6 Å². The first-order valence-electron chi connectivity index (χ1n) is 6.16. The van der Waals surface area contributed by atoms with Gasteiger partial charge in [-0.2, -0.15) is 0 Å². The van der Waals surface area contributed by atoms with Crippen LogP contribution in [-0.2, 0) is 4.79 Å². The van der Waals surface area contributed by atoms with Gasteiger partial charge in [-0.3, -0.25) is 0 Å². The molecule has 0 aliphatic carbocycles. The standard InChI is InChI=1S/C14H21NO3/c1-9(2)13(14(16)17)15-11-5-7-12(8-6-11)18-10(3)4/h5-10,13,15H,1-4H3,(H,16,17). The van der Waals surface area contributed by atoms with Crippen LogP contribution in [0.3, 0.4) is 0 Å². The Morgan fingerprint density at radius 1 is 1.17 bits per heavy atom. The summed E-state index contributed by atoms with van der Waals surface area (Å²) in [7, 11) is 0. The molecule has 0 aromatic heterocycles. The molecule has 4 heteroatoms. The quantitative estimate of drug-likeness (QED) is 0.816. The molecule has 2 N–H and O–H groups in total. The molecule has 100 valence electrons. The molecule has 1 atom stereocenters. The van der Waals surface area contributed by atoms with Gasteiger partial charge in [-0.25, -0.2) is 4.79 Å². The van der Waals surface area contributed by atoms with E-state index in [0.29, 0.717) is 0 Å². The van der Waals surface area contributed by atoms with Gasteiger partial charge in [0, 0.05) is 5.69 Å². The molecule has 0 radical (unpaired) electrons. The SMILES string of the molecule is CC(C)Oc1ccc(NC(C(=O)O)C(C)C)cc1. The van der Waals surface area contributed by atoms with Gasteiger partial charge in [0.05, 0.1) is 6.10 Å². The molecule has 0 amide bonds. The smallest absolute Gasteiger partial charge is 0.326 e. The third-order valence-corrected chi connectivity index (χ3v) is 2.48. The highest BCUT2D eigenvalue weighted by Gasteiger charge is 2.20. The van der Waals surface area contributed by atoms with E-state index in [1.54, 1.807) is 0 Å². The van der Waals surface area contributed by atoms with Crippen molar-refractivity contribution >= 4 is 11.7 Å². The lowest BCUT2D eigenvalue weighted by molar-refractivity contribution is -0.138. The van der Waals surface area contributed by atoms with E-state index < -0.39 is 12.0 Å². The van der Waals surface area contributed by atoms with Crippen LogP contribution >= 0.6 is 0 Å². The third kappa shape index (κ3) is 4.28. The molecule has 1 rings (SSSR count). The Morgan fingerprint density at radius 3 is 2.11 bits per heavy atom. The van der Waals surface area contributed by atoms with Gasteiger partial charge >= 0.3 is 5.97 Å². The average Bonchev–Trinajstić information content (AvgIpc) is 2.26. The first-order chi connectivity index (χ1) is 8.40. The van der Waals surface area contributed by atoms with Gasteiger partial charge in [0.2, 0.25) is 0 Å². The highest BCUT2D eigenvalue weighted by Crippen LogP contribution is 2.19. The molecule has 4 nitrogen and oxygen atoms in total. The lowest BCUT2D eigenvalue weighted by atomic mass is 10.0. The maximum Gasteiger partial charge on any atom is 0.326 e. The van der Waals surface area contributed by atoms with Crippen LogP contribution in [0.5, 0.6) is 5.75 Å². The summed E-state index contributed by atoms with van der Waals surface area (Å²) in [5, 5.41) is 12.1. The number of benzene rings is 1. The number of nitrogens with one attached hydrogen (secondary N) is 1. The molecule has 0 spiro atoms. The number of rotatable bonds is 6. The second kappa shape index (κ2) is 6.28. The zero-order valence-corrected chi connectivity index (χ0v) is 11.3. The monoisotopic (exact) mass is 251 g/mol. The Kier molecular flexibility index (Phi) is 5.01. The number of aliphatic carboxylic acids is 1. The molecule has 1 unspecified atom stereocenters. The minimum atomic E-state index is -0.840. The number of carboxylic acid groups (broad SMARTS) is 1. The predicted octanol–water partition coefficient (Wildman–Crippen LogP) is 2.99. The van der Waals surface area contributed by atoms with Crippen LogP contribution in [0.15, 0.2) is 24.3 Å². The summed E-state index contributed by atoms with van der Waals surface area (Å²) in [6.45, 7) is 7.68. The maximum absolute atomic E-state index is 11.1. The molecule has 0 aliphatic rings. The number of anilines is 1. The summed E-state index contributed by atoms with van der Waals surface area (Å²) >= 11 is 0. The van der Waals surface area contributed by atoms with Crippen LogP contribution in [0.25, 0.3) is 0 Å². The second-order valence-corrected chi connectivity index (χ2v) is 4.90. The van der Waals surface area contributed by atoms with Crippen molar-refractivity contribution in [1.82, 2.24) is 0 Å². The fraction of sp³-hybridized carbons (Fsp3) is 0.500. The average molecular weight is 251 g/mol. The highest BCUT2D eigenvalue weighted by molar-refractivity contribution is 5.77. The summed E-state index contributed by atoms with van der Waals surface area (Å²) in [6.07, 6.45) is 0.131. The van der Waals surface area contributed by atoms with Crippen molar-refractivity contribution in [3.63, 3.8) is 0 Å². The number of hydrogen-bond acceptors (Lipinski definition) is 3. The lowest BCUT2D eigenvalue weighted by Gasteiger charge is -2.19. The third-order valence-electron chi connectivity index (χ3n) is 2.48. The fourth-order valence-electron chi connectivity index (χ4n) is 1.60. The number of hydrogen-bond donors (Lipinski definition) is 2. The Balaban J connectivity index is 2.70. The Morgan fingerprint density at radius 2 is 1.72 bits per heavy atom. The number of carboxylic acids is 1. The van der Waals surface area contributed by atoms with E-state index in [2.05, 4.69) is 5.32 Å². The molecular formula is C14H21NO3. The van der Waals surface area contributed by atoms with Crippen LogP contribution in [0, 0.1) is 5.92 Å². The summed E-state index contributed by atoms with van der Waals surface area (Å²) in [4.78, 5) is 11.1. The molecule has 0 bridgehead atoms. The van der Waals surface area contributed by atoms with E-state index in [-0.39, 0.29) is 12.0 Å². The molecule has 0 aliphatic heterocycles. The van der Waals surface area contributed by atoms with Crippen molar-refractivity contribution in [2.75, 3.05) is 5.32 Å². The highest BCUT2D eigenvalue weighted by atomic mass is 16.5. The molecule has 1 aromatic rings. The molecule has 0 fully saturated rings. The van der Waals surface area contributed by atoms with E-state index >= 15 is 0 Å². The largest absolute Gasteiger partial charge is 0.491 e. The topological polar surface area (TPSA) is 58.6 Å². The molecule has 1 aromatic carbocycles.